The lowest BCUT2D eigenvalue weighted by atomic mass is 9.91. The highest BCUT2D eigenvalue weighted by Crippen LogP contribution is 2.30. The number of nitrogens with one attached hydrogen (secondary N) is 2. The summed E-state index contributed by atoms with van der Waals surface area (Å²) in [6, 6.07) is 8.63. The first-order valence-electron chi connectivity index (χ1n) is 12.0. The van der Waals surface area contributed by atoms with E-state index in [4.69, 9.17) is 11.6 Å². The molecule has 0 atom stereocenters. The average Bonchev–Trinajstić information content (AvgIpc) is 2.89. The molecule has 1 fully saturated rings. The van der Waals surface area contributed by atoms with Gasteiger partial charge in [-0.3, -0.25) is 4.72 Å². The Morgan fingerprint density at radius 2 is 1.70 bits per heavy atom. The zero-order chi connectivity index (χ0) is 26.6. The number of sulfonamides is 1. The third kappa shape index (κ3) is 6.63. The van der Waals surface area contributed by atoms with Crippen LogP contribution in [0.2, 0.25) is 5.02 Å². The van der Waals surface area contributed by atoms with Crippen LogP contribution in [0.25, 0.3) is 12.2 Å². The quantitative estimate of drug-likeness (QED) is 0.400. The van der Waals surface area contributed by atoms with Crippen LogP contribution >= 0.6 is 11.6 Å². The summed E-state index contributed by atoms with van der Waals surface area (Å²) in [6.45, 7) is 1.62. The molecule has 1 saturated carbocycles. The van der Waals surface area contributed by atoms with Crippen molar-refractivity contribution < 1.29 is 12.8 Å². The lowest BCUT2D eigenvalue weighted by Crippen LogP contribution is -2.36. The highest BCUT2D eigenvalue weighted by Gasteiger charge is 2.23. The first-order chi connectivity index (χ1) is 17.6. The normalized spacial score (nSPS) is 18.3. The summed E-state index contributed by atoms with van der Waals surface area (Å²) >= 11 is 6.26. The van der Waals surface area contributed by atoms with Crippen molar-refractivity contribution in [1.29, 1.82) is 0 Å². The Morgan fingerprint density at radius 1 is 1.05 bits per heavy atom. The first kappa shape index (κ1) is 27.0. The number of hydrogen-bond acceptors (Lipinski definition) is 7. The van der Waals surface area contributed by atoms with E-state index in [2.05, 4.69) is 44.0 Å². The molecule has 8 nitrogen and oxygen atoms in total. The van der Waals surface area contributed by atoms with Crippen LogP contribution < -0.4 is 10.0 Å². The molecule has 2 heterocycles. The Labute approximate surface area is 222 Å². The van der Waals surface area contributed by atoms with Gasteiger partial charge in [0.1, 0.15) is 0 Å². The third-order valence-electron chi connectivity index (χ3n) is 6.47. The molecule has 1 aliphatic rings. The number of pyridine rings is 1. The van der Waals surface area contributed by atoms with Crippen molar-refractivity contribution >= 4 is 45.5 Å². The van der Waals surface area contributed by atoms with Crippen molar-refractivity contribution in [2.75, 3.05) is 24.1 Å². The van der Waals surface area contributed by atoms with Crippen molar-refractivity contribution in [2.24, 2.45) is 0 Å². The van der Waals surface area contributed by atoms with Gasteiger partial charge in [0.2, 0.25) is 5.95 Å². The Balaban J connectivity index is 1.43. The van der Waals surface area contributed by atoms with Gasteiger partial charge < -0.3 is 10.2 Å². The highest BCUT2D eigenvalue weighted by atomic mass is 35.5. The summed E-state index contributed by atoms with van der Waals surface area (Å²) in [5.41, 5.74) is 1.40. The van der Waals surface area contributed by atoms with Gasteiger partial charge >= 0.3 is 0 Å². The minimum absolute atomic E-state index is 0.00636. The van der Waals surface area contributed by atoms with E-state index >= 15 is 0 Å². The van der Waals surface area contributed by atoms with E-state index in [9.17, 15) is 12.8 Å². The molecule has 0 unspecified atom stereocenters. The second-order valence-electron chi connectivity index (χ2n) is 9.29. The van der Waals surface area contributed by atoms with Crippen molar-refractivity contribution in [1.82, 2.24) is 19.9 Å². The molecule has 3 aromatic rings. The largest absolute Gasteiger partial charge is 0.351 e. The van der Waals surface area contributed by atoms with Crippen LogP contribution in [0, 0.1) is 12.7 Å². The van der Waals surface area contributed by atoms with Gasteiger partial charge in [0.15, 0.2) is 11.6 Å². The number of aryl methyl sites for hydroxylation is 1. The minimum atomic E-state index is -4.01. The summed E-state index contributed by atoms with van der Waals surface area (Å²) in [7, 11) is 0.226. The number of benzene rings is 1. The molecule has 11 heteroatoms. The summed E-state index contributed by atoms with van der Waals surface area (Å²) in [5.74, 6) is -0.837. The van der Waals surface area contributed by atoms with E-state index in [0.29, 0.717) is 34.9 Å². The standard InChI is InChI=1S/C26H30ClFN6O2S/c1-17-22(23(27)24(28)25(31-17)33-37(35,36)21-7-5-4-6-8-21)14-9-18-15-29-26(30-16-18)32-19-10-12-20(13-11-19)34(2)3/h4-9,14-16,19-20H,10-13H2,1-3H3,(H,31,33)(H,29,30,32)/b14-9+. The molecular weight excluding hydrogens is 515 g/mol. The summed E-state index contributed by atoms with van der Waals surface area (Å²) in [4.78, 5) is 15.2. The average molecular weight is 545 g/mol. The molecule has 0 spiro atoms. The molecule has 2 aromatic heterocycles. The van der Waals surface area contributed by atoms with Gasteiger partial charge in [-0.1, -0.05) is 42.0 Å². The number of rotatable bonds is 8. The summed E-state index contributed by atoms with van der Waals surface area (Å²) < 4.78 is 42.3. The molecule has 196 valence electrons. The first-order valence-corrected chi connectivity index (χ1v) is 13.9. The molecule has 37 heavy (non-hydrogen) atoms. The van der Waals surface area contributed by atoms with Gasteiger partial charge in [0.25, 0.3) is 10.0 Å². The maximum Gasteiger partial charge on any atom is 0.263 e. The van der Waals surface area contributed by atoms with E-state index in [1.54, 1.807) is 49.7 Å². The van der Waals surface area contributed by atoms with Crippen LogP contribution in [0.3, 0.4) is 0 Å². The number of hydrogen-bond donors (Lipinski definition) is 2. The predicted molar refractivity (Wildman–Crippen MR) is 146 cm³/mol. The molecule has 0 aliphatic heterocycles. The fourth-order valence-corrected chi connectivity index (χ4v) is 5.61. The van der Waals surface area contributed by atoms with E-state index < -0.39 is 21.7 Å². The van der Waals surface area contributed by atoms with Gasteiger partial charge in [-0.15, -0.1) is 0 Å². The van der Waals surface area contributed by atoms with E-state index in [1.165, 1.54) is 12.1 Å². The maximum atomic E-state index is 15.0. The molecule has 0 radical (unpaired) electrons. The van der Waals surface area contributed by atoms with Crippen LogP contribution in [-0.2, 0) is 10.0 Å². The predicted octanol–water partition coefficient (Wildman–Crippen LogP) is 5.23. The monoisotopic (exact) mass is 544 g/mol. The van der Waals surface area contributed by atoms with Crippen LogP contribution in [0.4, 0.5) is 16.2 Å². The van der Waals surface area contributed by atoms with Crippen molar-refractivity contribution in [3.63, 3.8) is 0 Å². The topological polar surface area (TPSA) is 100 Å². The fraction of sp³-hybridized carbons (Fsp3) is 0.346. The van der Waals surface area contributed by atoms with Gasteiger partial charge in [-0.25, -0.2) is 27.8 Å². The summed E-state index contributed by atoms with van der Waals surface area (Å²) in [6.07, 6.45) is 11.1. The Kier molecular flexibility index (Phi) is 8.41. The molecule has 1 aliphatic carbocycles. The molecule has 2 N–H and O–H groups in total. The second-order valence-corrected chi connectivity index (χ2v) is 11.4. The second kappa shape index (κ2) is 11.5. The Morgan fingerprint density at radius 3 is 2.32 bits per heavy atom. The molecule has 0 amide bonds. The lowest BCUT2D eigenvalue weighted by molar-refractivity contribution is 0.221. The maximum absolute atomic E-state index is 15.0. The van der Waals surface area contributed by atoms with Crippen LogP contribution in [0.1, 0.15) is 42.5 Å². The number of nitrogens with zero attached hydrogens (tertiary/aromatic N) is 4. The molecular formula is C26H30ClFN6O2S. The van der Waals surface area contributed by atoms with Gasteiger partial charge in [0, 0.05) is 41.3 Å². The van der Waals surface area contributed by atoms with Gasteiger partial charge in [0.05, 0.1) is 9.92 Å². The minimum Gasteiger partial charge on any atom is -0.351 e. The van der Waals surface area contributed by atoms with Gasteiger partial charge in [-0.2, -0.15) is 0 Å². The number of halogens is 2. The molecule has 4 rings (SSSR count). The van der Waals surface area contributed by atoms with Crippen LogP contribution in [0.5, 0.6) is 0 Å². The van der Waals surface area contributed by atoms with E-state index in [1.807, 2.05) is 0 Å². The highest BCUT2D eigenvalue weighted by molar-refractivity contribution is 7.92. The zero-order valence-corrected chi connectivity index (χ0v) is 22.5. The van der Waals surface area contributed by atoms with Crippen molar-refractivity contribution in [3.05, 3.63) is 70.4 Å². The van der Waals surface area contributed by atoms with Crippen molar-refractivity contribution in [3.8, 4) is 0 Å². The third-order valence-corrected chi connectivity index (χ3v) is 8.19. The lowest BCUT2D eigenvalue weighted by Gasteiger charge is -2.32. The summed E-state index contributed by atoms with van der Waals surface area (Å²) in [5, 5.41) is 3.17. The van der Waals surface area contributed by atoms with Gasteiger partial charge in [-0.05, 0) is 58.8 Å². The Bertz CT molecular complexity index is 1360. The van der Waals surface area contributed by atoms with Crippen LogP contribution in [-0.4, -0.2) is 54.4 Å². The number of anilines is 2. The van der Waals surface area contributed by atoms with Crippen LogP contribution in [0.15, 0.2) is 47.6 Å². The zero-order valence-electron chi connectivity index (χ0n) is 20.9. The fourth-order valence-electron chi connectivity index (χ4n) is 4.30. The molecule has 1 aromatic carbocycles. The van der Waals surface area contributed by atoms with Crippen molar-refractivity contribution in [2.45, 2.75) is 49.6 Å². The Hall–Kier alpha value is -3.08. The van der Waals surface area contributed by atoms with E-state index in [-0.39, 0.29) is 9.92 Å². The number of aromatic nitrogens is 3. The van der Waals surface area contributed by atoms with E-state index in [0.717, 1.165) is 25.7 Å². The SMILES string of the molecule is Cc1nc(NS(=O)(=O)c2ccccc2)c(F)c(Cl)c1/C=C/c1cnc(NC2CCC(N(C)C)CC2)nc1. The smallest absolute Gasteiger partial charge is 0.263 e. The molecule has 0 bridgehead atoms. The molecule has 0 saturated heterocycles.